The minimum Gasteiger partial charge on any atom is -0.399 e. The Morgan fingerprint density at radius 3 is 2.64 bits per heavy atom. The lowest BCUT2D eigenvalue weighted by Crippen LogP contribution is -2.24. The third kappa shape index (κ3) is 4.56. The number of benzene rings is 1. The Kier molecular flexibility index (Phi) is 5.87. The van der Waals surface area contributed by atoms with E-state index in [-0.39, 0.29) is 11.2 Å². The number of aromatic nitrogens is 3. The largest absolute Gasteiger partial charge is 0.416 e. The summed E-state index contributed by atoms with van der Waals surface area (Å²) < 4.78 is 46.6. The summed E-state index contributed by atoms with van der Waals surface area (Å²) in [5.74, 6) is 0.847. The van der Waals surface area contributed by atoms with Crippen molar-refractivity contribution >= 4 is 28.1 Å². The second kappa shape index (κ2) is 8.51. The molecule has 1 aliphatic heterocycles. The van der Waals surface area contributed by atoms with E-state index in [2.05, 4.69) is 15.3 Å². The first-order valence-electron chi connectivity index (χ1n) is 10.4. The standard InChI is InChI=1S/C23H24F3N5O2/c1-12(15-8-16(23(24,25)26)10-17(27)9-15)28-20-19-11-18(14-4-6-33-7-5-14)22(32)31(3)21(19)30-13(2)29-20/h4,8-12H,5-7,27H2,1-3H3,(H,28,29,30)/t12-/m1/s1. The van der Waals surface area contributed by atoms with E-state index in [1.54, 1.807) is 27.0 Å². The second-order valence-electron chi connectivity index (χ2n) is 8.09. The van der Waals surface area contributed by atoms with Crippen molar-refractivity contribution in [3.63, 3.8) is 0 Å². The van der Waals surface area contributed by atoms with Crippen LogP contribution in [0.1, 0.15) is 41.9 Å². The molecular formula is C23H24F3N5O2. The van der Waals surface area contributed by atoms with Gasteiger partial charge in [0.15, 0.2) is 0 Å². The van der Waals surface area contributed by atoms with E-state index in [1.165, 1.54) is 10.6 Å². The van der Waals surface area contributed by atoms with Crippen molar-refractivity contribution in [2.75, 3.05) is 24.3 Å². The summed E-state index contributed by atoms with van der Waals surface area (Å²) in [6, 6.07) is 4.67. The summed E-state index contributed by atoms with van der Waals surface area (Å²) >= 11 is 0. The summed E-state index contributed by atoms with van der Waals surface area (Å²) in [6.07, 6.45) is -2.02. The van der Waals surface area contributed by atoms with Gasteiger partial charge in [-0.1, -0.05) is 6.08 Å². The average molecular weight is 459 g/mol. The molecule has 33 heavy (non-hydrogen) atoms. The fraction of sp³-hybridized carbons (Fsp3) is 0.348. The van der Waals surface area contributed by atoms with Crippen LogP contribution in [0.25, 0.3) is 16.6 Å². The number of nitrogen functional groups attached to an aromatic ring is 1. The van der Waals surface area contributed by atoms with Crippen molar-refractivity contribution in [2.24, 2.45) is 7.05 Å². The molecule has 2 aromatic heterocycles. The zero-order chi connectivity index (χ0) is 23.9. The summed E-state index contributed by atoms with van der Waals surface area (Å²) in [7, 11) is 1.64. The third-order valence-electron chi connectivity index (χ3n) is 5.65. The van der Waals surface area contributed by atoms with E-state index in [9.17, 15) is 18.0 Å². The van der Waals surface area contributed by atoms with Crippen molar-refractivity contribution in [1.29, 1.82) is 0 Å². The van der Waals surface area contributed by atoms with Gasteiger partial charge in [0.1, 0.15) is 17.3 Å². The van der Waals surface area contributed by atoms with Crippen LogP contribution >= 0.6 is 0 Å². The van der Waals surface area contributed by atoms with Crippen LogP contribution in [0.2, 0.25) is 0 Å². The maximum atomic E-state index is 13.3. The van der Waals surface area contributed by atoms with Gasteiger partial charge in [-0.15, -0.1) is 0 Å². The Morgan fingerprint density at radius 2 is 1.97 bits per heavy atom. The van der Waals surface area contributed by atoms with Crippen molar-refractivity contribution in [3.8, 4) is 0 Å². The van der Waals surface area contributed by atoms with Crippen molar-refractivity contribution in [3.05, 3.63) is 63.2 Å². The van der Waals surface area contributed by atoms with Crippen molar-refractivity contribution < 1.29 is 17.9 Å². The van der Waals surface area contributed by atoms with Crippen molar-refractivity contribution in [2.45, 2.75) is 32.5 Å². The van der Waals surface area contributed by atoms with Gasteiger partial charge in [0.25, 0.3) is 5.56 Å². The lowest BCUT2D eigenvalue weighted by atomic mass is 10.0. The Balaban J connectivity index is 1.81. The van der Waals surface area contributed by atoms with E-state index in [1.807, 2.05) is 6.08 Å². The Labute approximate surface area is 188 Å². The number of hydrogen-bond acceptors (Lipinski definition) is 6. The number of rotatable bonds is 4. The molecule has 10 heteroatoms. The fourth-order valence-electron chi connectivity index (χ4n) is 3.93. The normalized spacial score (nSPS) is 15.4. The topological polar surface area (TPSA) is 95.1 Å². The molecule has 0 amide bonds. The number of nitrogens with two attached hydrogens (primary N) is 1. The number of halogens is 3. The van der Waals surface area contributed by atoms with Gasteiger partial charge in [-0.3, -0.25) is 9.36 Å². The Bertz CT molecular complexity index is 1310. The SMILES string of the molecule is Cc1nc(N[C@H](C)c2cc(N)cc(C(F)(F)F)c2)c2cc(C3=CCOCC3)c(=O)n(C)c2n1. The molecule has 3 heterocycles. The second-order valence-corrected chi connectivity index (χ2v) is 8.09. The fourth-order valence-corrected chi connectivity index (χ4v) is 3.93. The highest BCUT2D eigenvalue weighted by Gasteiger charge is 2.31. The van der Waals surface area contributed by atoms with Crippen LogP contribution in [-0.4, -0.2) is 27.7 Å². The number of fused-ring (bicyclic) bond motifs is 1. The third-order valence-corrected chi connectivity index (χ3v) is 5.65. The van der Waals surface area contributed by atoms with Crippen LogP contribution in [0.3, 0.4) is 0 Å². The molecule has 1 aliphatic rings. The maximum absolute atomic E-state index is 13.3. The van der Waals surface area contributed by atoms with Gasteiger partial charge in [0, 0.05) is 18.3 Å². The molecule has 7 nitrogen and oxygen atoms in total. The average Bonchev–Trinajstić information content (AvgIpc) is 2.76. The molecule has 3 aromatic rings. The highest BCUT2D eigenvalue weighted by molar-refractivity contribution is 5.89. The summed E-state index contributed by atoms with van der Waals surface area (Å²) in [6.45, 7) is 4.37. The first-order valence-corrected chi connectivity index (χ1v) is 10.4. The molecule has 0 saturated heterocycles. The molecule has 1 aromatic carbocycles. The van der Waals surface area contributed by atoms with Crippen LogP contribution in [0.4, 0.5) is 24.7 Å². The molecule has 4 rings (SSSR count). The number of aryl methyl sites for hydroxylation is 2. The van der Waals surface area contributed by atoms with E-state index >= 15 is 0 Å². The van der Waals surface area contributed by atoms with Crippen LogP contribution in [-0.2, 0) is 18.0 Å². The number of nitrogens with one attached hydrogen (secondary N) is 1. The number of pyridine rings is 1. The highest BCUT2D eigenvalue weighted by Crippen LogP contribution is 2.34. The van der Waals surface area contributed by atoms with Gasteiger partial charge < -0.3 is 15.8 Å². The van der Waals surface area contributed by atoms with Gasteiger partial charge in [0.2, 0.25) is 0 Å². The number of nitrogens with zero attached hydrogens (tertiary/aromatic N) is 3. The number of alkyl halides is 3. The zero-order valence-electron chi connectivity index (χ0n) is 18.5. The Morgan fingerprint density at radius 1 is 1.21 bits per heavy atom. The molecule has 0 spiro atoms. The summed E-state index contributed by atoms with van der Waals surface area (Å²) in [5.41, 5.74) is 6.97. The van der Waals surface area contributed by atoms with Crippen LogP contribution in [0.5, 0.6) is 0 Å². The maximum Gasteiger partial charge on any atom is 0.416 e. The molecule has 0 saturated carbocycles. The van der Waals surface area contributed by atoms with Crippen LogP contribution in [0.15, 0.2) is 35.1 Å². The molecule has 0 aliphatic carbocycles. The number of ether oxygens (including phenoxy) is 1. The van der Waals surface area contributed by atoms with Crippen molar-refractivity contribution in [1.82, 2.24) is 14.5 Å². The first-order chi connectivity index (χ1) is 15.5. The van der Waals surface area contributed by atoms with E-state index in [0.29, 0.717) is 53.4 Å². The molecule has 1 atom stereocenters. The predicted octanol–water partition coefficient (Wildman–Crippen LogP) is 4.21. The van der Waals surface area contributed by atoms with E-state index < -0.39 is 17.8 Å². The minimum atomic E-state index is -4.51. The van der Waals surface area contributed by atoms with E-state index in [0.717, 1.165) is 17.7 Å². The number of anilines is 2. The van der Waals surface area contributed by atoms with E-state index in [4.69, 9.17) is 10.5 Å². The summed E-state index contributed by atoms with van der Waals surface area (Å²) in [5, 5.41) is 3.79. The van der Waals surface area contributed by atoms with Gasteiger partial charge in [-0.05, 0) is 55.7 Å². The molecular weight excluding hydrogens is 435 g/mol. The highest BCUT2D eigenvalue weighted by atomic mass is 19.4. The number of hydrogen-bond donors (Lipinski definition) is 2. The van der Waals surface area contributed by atoms with Crippen LogP contribution < -0.4 is 16.6 Å². The Hall–Kier alpha value is -3.40. The lowest BCUT2D eigenvalue weighted by Gasteiger charge is -2.20. The quantitative estimate of drug-likeness (QED) is 0.568. The van der Waals surface area contributed by atoms with Gasteiger partial charge in [-0.25, -0.2) is 9.97 Å². The zero-order valence-corrected chi connectivity index (χ0v) is 18.5. The molecule has 0 fully saturated rings. The predicted molar refractivity (Wildman–Crippen MR) is 121 cm³/mol. The molecule has 0 unspecified atom stereocenters. The first kappa shape index (κ1) is 22.8. The smallest absolute Gasteiger partial charge is 0.399 e. The lowest BCUT2D eigenvalue weighted by molar-refractivity contribution is -0.137. The van der Waals surface area contributed by atoms with Gasteiger partial charge in [0.05, 0.1) is 30.2 Å². The van der Waals surface area contributed by atoms with Gasteiger partial charge in [-0.2, -0.15) is 13.2 Å². The molecule has 174 valence electrons. The van der Waals surface area contributed by atoms with Gasteiger partial charge >= 0.3 is 6.18 Å². The molecule has 0 bridgehead atoms. The monoisotopic (exact) mass is 459 g/mol. The minimum absolute atomic E-state index is 0.0216. The van der Waals surface area contributed by atoms with Crippen LogP contribution in [0, 0.1) is 6.92 Å². The summed E-state index contributed by atoms with van der Waals surface area (Å²) in [4.78, 5) is 21.9. The molecule has 0 radical (unpaired) electrons. The molecule has 3 N–H and O–H groups in total.